The maximum atomic E-state index is 12.2. The Morgan fingerprint density at radius 1 is 1.47 bits per heavy atom. The highest BCUT2D eigenvalue weighted by Gasteiger charge is 2.14. The van der Waals surface area contributed by atoms with E-state index in [1.54, 1.807) is 30.2 Å². The fourth-order valence-electron chi connectivity index (χ4n) is 1.52. The van der Waals surface area contributed by atoms with E-state index in [1.807, 2.05) is 6.92 Å². The Bertz CT molecular complexity index is 376. The largest absolute Gasteiger partial charge is 0.399 e. The molecule has 0 unspecified atom stereocenters. The normalized spacial score (nSPS) is 10.3. The number of amides is 1. The van der Waals surface area contributed by atoms with Crippen LogP contribution in [0.2, 0.25) is 0 Å². The zero-order valence-corrected chi connectivity index (χ0v) is 11.7. The summed E-state index contributed by atoms with van der Waals surface area (Å²) in [7, 11) is 1.62. The van der Waals surface area contributed by atoms with Crippen molar-refractivity contribution >= 4 is 27.5 Å². The van der Waals surface area contributed by atoms with Gasteiger partial charge in [0.25, 0.3) is 5.91 Å². The van der Waals surface area contributed by atoms with Crippen molar-refractivity contribution in [2.45, 2.75) is 6.92 Å². The van der Waals surface area contributed by atoms with Crippen LogP contribution in [0.4, 0.5) is 5.69 Å². The molecule has 1 aromatic rings. The lowest BCUT2D eigenvalue weighted by atomic mass is 10.2. The molecule has 5 heteroatoms. The van der Waals surface area contributed by atoms with Crippen molar-refractivity contribution in [1.29, 1.82) is 0 Å². The number of nitrogen functional groups attached to an aromatic ring is 1. The Morgan fingerprint density at radius 3 is 2.71 bits per heavy atom. The summed E-state index contributed by atoms with van der Waals surface area (Å²) in [5.41, 5.74) is 6.88. The van der Waals surface area contributed by atoms with E-state index in [9.17, 15) is 4.79 Å². The van der Waals surface area contributed by atoms with Gasteiger partial charge >= 0.3 is 0 Å². The maximum absolute atomic E-state index is 12.2. The standard InChI is InChI=1S/C12H17BrN2O2/c1-3-15(4-5-17-2)12(16)9-6-10(13)8-11(14)7-9/h6-8H,3-5,14H2,1-2H3. The van der Waals surface area contributed by atoms with Gasteiger partial charge in [0.1, 0.15) is 0 Å². The first kappa shape index (κ1) is 14.0. The molecule has 0 radical (unpaired) electrons. The van der Waals surface area contributed by atoms with E-state index in [0.717, 1.165) is 4.47 Å². The molecule has 0 fully saturated rings. The van der Waals surface area contributed by atoms with E-state index < -0.39 is 0 Å². The fourth-order valence-corrected chi connectivity index (χ4v) is 2.03. The second-order valence-electron chi connectivity index (χ2n) is 3.65. The summed E-state index contributed by atoms with van der Waals surface area (Å²) < 4.78 is 5.79. The third kappa shape index (κ3) is 4.02. The molecule has 2 N–H and O–H groups in total. The minimum absolute atomic E-state index is 0.0300. The SMILES string of the molecule is CCN(CCOC)C(=O)c1cc(N)cc(Br)c1. The van der Waals surface area contributed by atoms with Crippen LogP contribution in [0.1, 0.15) is 17.3 Å². The number of nitrogens with two attached hydrogens (primary N) is 1. The van der Waals surface area contributed by atoms with Crippen molar-refractivity contribution in [2.75, 3.05) is 32.5 Å². The third-order valence-electron chi connectivity index (χ3n) is 2.40. The predicted octanol–water partition coefficient (Wildman–Crippen LogP) is 2.14. The second kappa shape index (κ2) is 6.61. The molecule has 0 aromatic heterocycles. The molecule has 0 saturated heterocycles. The Hall–Kier alpha value is -1.07. The Kier molecular flexibility index (Phi) is 5.44. The van der Waals surface area contributed by atoms with Crippen LogP contribution < -0.4 is 5.73 Å². The molecule has 17 heavy (non-hydrogen) atoms. The van der Waals surface area contributed by atoms with Crippen molar-refractivity contribution in [3.63, 3.8) is 0 Å². The molecule has 0 saturated carbocycles. The van der Waals surface area contributed by atoms with Crippen LogP contribution >= 0.6 is 15.9 Å². The van der Waals surface area contributed by atoms with Gasteiger partial charge in [0.05, 0.1) is 6.61 Å². The van der Waals surface area contributed by atoms with E-state index in [0.29, 0.717) is 30.9 Å². The number of benzene rings is 1. The number of carbonyl (C=O) groups is 1. The minimum atomic E-state index is -0.0300. The quantitative estimate of drug-likeness (QED) is 0.848. The molecular formula is C12H17BrN2O2. The molecule has 0 spiro atoms. The van der Waals surface area contributed by atoms with Crippen molar-refractivity contribution < 1.29 is 9.53 Å². The molecule has 1 rings (SSSR count). The predicted molar refractivity (Wildman–Crippen MR) is 72.0 cm³/mol. The van der Waals surface area contributed by atoms with Gasteiger partial charge in [-0.1, -0.05) is 15.9 Å². The lowest BCUT2D eigenvalue weighted by Crippen LogP contribution is -2.33. The van der Waals surface area contributed by atoms with E-state index in [2.05, 4.69) is 15.9 Å². The van der Waals surface area contributed by atoms with E-state index in [4.69, 9.17) is 10.5 Å². The number of halogens is 1. The average Bonchev–Trinajstić information content (AvgIpc) is 2.28. The monoisotopic (exact) mass is 300 g/mol. The van der Waals surface area contributed by atoms with E-state index >= 15 is 0 Å². The van der Waals surface area contributed by atoms with Crippen LogP contribution in [0, 0.1) is 0 Å². The van der Waals surface area contributed by atoms with Gasteiger partial charge in [-0.15, -0.1) is 0 Å². The summed E-state index contributed by atoms with van der Waals surface area (Å²) in [5, 5.41) is 0. The zero-order chi connectivity index (χ0) is 12.8. The van der Waals surface area contributed by atoms with E-state index in [-0.39, 0.29) is 5.91 Å². The summed E-state index contributed by atoms with van der Waals surface area (Å²) in [4.78, 5) is 13.9. The summed E-state index contributed by atoms with van der Waals surface area (Å²) >= 11 is 3.33. The van der Waals surface area contributed by atoms with Crippen LogP contribution in [0.15, 0.2) is 22.7 Å². The number of ether oxygens (including phenoxy) is 1. The molecule has 0 aliphatic heterocycles. The zero-order valence-electron chi connectivity index (χ0n) is 10.1. The smallest absolute Gasteiger partial charge is 0.254 e. The Morgan fingerprint density at radius 2 is 2.18 bits per heavy atom. The molecule has 0 aliphatic rings. The molecule has 1 aromatic carbocycles. The molecule has 4 nitrogen and oxygen atoms in total. The third-order valence-corrected chi connectivity index (χ3v) is 2.86. The van der Waals surface area contributed by atoms with Crippen LogP contribution in [-0.4, -0.2) is 37.6 Å². The minimum Gasteiger partial charge on any atom is -0.399 e. The number of likely N-dealkylation sites (N-methyl/N-ethyl adjacent to an activating group) is 1. The van der Waals surface area contributed by atoms with Gasteiger partial charge in [-0.05, 0) is 25.1 Å². The van der Waals surface area contributed by atoms with Crippen molar-refractivity contribution in [3.8, 4) is 0 Å². The summed E-state index contributed by atoms with van der Waals surface area (Å²) in [5.74, 6) is -0.0300. The fraction of sp³-hybridized carbons (Fsp3) is 0.417. The van der Waals surface area contributed by atoms with Crippen molar-refractivity contribution in [3.05, 3.63) is 28.2 Å². The molecule has 94 valence electrons. The first-order valence-corrected chi connectivity index (χ1v) is 6.22. The molecule has 0 heterocycles. The van der Waals surface area contributed by atoms with Gasteiger partial charge in [-0.3, -0.25) is 4.79 Å². The summed E-state index contributed by atoms with van der Waals surface area (Å²) in [6, 6.07) is 5.22. The number of anilines is 1. The summed E-state index contributed by atoms with van der Waals surface area (Å²) in [6.07, 6.45) is 0. The average molecular weight is 301 g/mol. The Balaban J connectivity index is 2.85. The highest BCUT2D eigenvalue weighted by atomic mass is 79.9. The number of hydrogen-bond donors (Lipinski definition) is 1. The molecule has 0 atom stereocenters. The van der Waals surface area contributed by atoms with Gasteiger partial charge in [-0.25, -0.2) is 0 Å². The first-order valence-electron chi connectivity index (χ1n) is 5.42. The highest BCUT2D eigenvalue weighted by molar-refractivity contribution is 9.10. The first-order chi connectivity index (χ1) is 8.08. The number of methoxy groups -OCH3 is 1. The van der Waals surface area contributed by atoms with Gasteiger partial charge in [-0.2, -0.15) is 0 Å². The van der Waals surface area contributed by atoms with Gasteiger partial charge in [0.15, 0.2) is 0 Å². The van der Waals surface area contributed by atoms with Crippen LogP contribution in [0.5, 0.6) is 0 Å². The Labute approximate surface area is 110 Å². The number of carbonyl (C=O) groups excluding carboxylic acids is 1. The van der Waals surface area contributed by atoms with Crippen molar-refractivity contribution in [1.82, 2.24) is 4.90 Å². The second-order valence-corrected chi connectivity index (χ2v) is 4.57. The van der Waals surface area contributed by atoms with Gasteiger partial charge in [0.2, 0.25) is 0 Å². The van der Waals surface area contributed by atoms with Crippen LogP contribution in [0.3, 0.4) is 0 Å². The topological polar surface area (TPSA) is 55.6 Å². The lowest BCUT2D eigenvalue weighted by molar-refractivity contribution is 0.0706. The van der Waals surface area contributed by atoms with Crippen molar-refractivity contribution in [2.24, 2.45) is 0 Å². The lowest BCUT2D eigenvalue weighted by Gasteiger charge is -2.20. The molecular weight excluding hydrogens is 284 g/mol. The number of rotatable bonds is 5. The molecule has 1 amide bonds. The summed E-state index contributed by atoms with van der Waals surface area (Å²) in [6.45, 7) is 3.70. The number of nitrogens with zero attached hydrogens (tertiary/aromatic N) is 1. The maximum Gasteiger partial charge on any atom is 0.254 e. The van der Waals surface area contributed by atoms with E-state index in [1.165, 1.54) is 0 Å². The molecule has 0 bridgehead atoms. The highest BCUT2D eigenvalue weighted by Crippen LogP contribution is 2.18. The van der Waals surface area contributed by atoms with Crippen LogP contribution in [-0.2, 0) is 4.74 Å². The van der Waals surface area contributed by atoms with Gasteiger partial charge < -0.3 is 15.4 Å². The molecule has 0 aliphatic carbocycles. The number of hydrogen-bond acceptors (Lipinski definition) is 3. The van der Waals surface area contributed by atoms with Gasteiger partial charge in [0, 0.05) is 35.9 Å². The van der Waals surface area contributed by atoms with Crippen LogP contribution in [0.25, 0.3) is 0 Å².